The molecule has 0 saturated heterocycles. The van der Waals surface area contributed by atoms with Gasteiger partial charge in [-0.3, -0.25) is 9.69 Å². The van der Waals surface area contributed by atoms with Gasteiger partial charge in [-0.2, -0.15) is 0 Å². The van der Waals surface area contributed by atoms with Crippen LogP contribution in [0.2, 0.25) is 0 Å². The second kappa shape index (κ2) is 9.65. The predicted molar refractivity (Wildman–Crippen MR) is 111 cm³/mol. The number of carboxylic acids is 2. The van der Waals surface area contributed by atoms with Gasteiger partial charge < -0.3 is 24.7 Å². The number of carbonyl (C=O) groups is 2. The maximum Gasteiger partial charge on any atom is 0.362 e. The van der Waals surface area contributed by atoms with E-state index in [2.05, 4.69) is 19.9 Å². The second-order valence-corrected chi connectivity index (χ2v) is 9.84. The van der Waals surface area contributed by atoms with Gasteiger partial charge in [0, 0.05) is 6.42 Å². The van der Waals surface area contributed by atoms with E-state index < -0.39 is 24.0 Å². The van der Waals surface area contributed by atoms with Gasteiger partial charge in [0.2, 0.25) is 0 Å². The normalized spacial score (nSPS) is 14.1. The molecule has 160 valence electrons. The fourth-order valence-electron chi connectivity index (χ4n) is 2.70. The molecule has 0 spiro atoms. The first kappa shape index (κ1) is 23.3. The van der Waals surface area contributed by atoms with Crippen LogP contribution in [0.25, 0.3) is 0 Å². The molecule has 2 heterocycles. The number of aromatic amines is 2. The molecule has 29 heavy (non-hydrogen) atoms. The van der Waals surface area contributed by atoms with Crippen LogP contribution in [0.15, 0.2) is 22.7 Å². The van der Waals surface area contributed by atoms with E-state index >= 15 is 0 Å². The summed E-state index contributed by atoms with van der Waals surface area (Å²) in [5.74, 6) is -1.77. The van der Waals surface area contributed by atoms with Gasteiger partial charge in [0.15, 0.2) is 6.04 Å². The van der Waals surface area contributed by atoms with E-state index in [4.69, 9.17) is 0 Å². The van der Waals surface area contributed by atoms with Crippen molar-refractivity contribution < 1.29 is 24.3 Å². The highest BCUT2D eigenvalue weighted by molar-refractivity contribution is 8.76. The molecule has 0 aromatic carbocycles. The van der Waals surface area contributed by atoms with Gasteiger partial charge in [-0.05, 0) is 35.7 Å². The van der Waals surface area contributed by atoms with Crippen molar-refractivity contribution in [3.8, 4) is 0 Å². The molecule has 0 radical (unpaired) electrons. The van der Waals surface area contributed by atoms with Gasteiger partial charge in [-0.25, -0.2) is 14.8 Å². The van der Waals surface area contributed by atoms with Gasteiger partial charge in [0.25, 0.3) is 0 Å². The van der Waals surface area contributed by atoms with Crippen LogP contribution >= 0.6 is 21.6 Å². The topological polar surface area (TPSA) is 135 Å². The molecule has 0 bridgehead atoms. The Labute approximate surface area is 177 Å². The maximum absolute atomic E-state index is 11.7. The van der Waals surface area contributed by atoms with Crippen molar-refractivity contribution in [1.29, 1.82) is 0 Å². The number of nitrogens with one attached hydrogen (secondary N) is 2. The first-order valence-electron chi connectivity index (χ1n) is 8.82. The first-order valence-corrected chi connectivity index (χ1v) is 11.0. The standard InChI is InChI=1S/C17H26N6O4S2/c1-22(2)12(16(24)25)6-10-14(20-8-18-10)28-29-15-11(19-9-21-15)7-13(17(26)27)23(3,4)5/h8-9,12-13H,6-7H2,1-5H3,(H3-,18,19,20,21,24,25,26,27)/p+1. The fourth-order valence-corrected chi connectivity index (χ4v) is 4.87. The number of hydrogen-bond donors (Lipinski definition) is 4. The molecule has 2 rings (SSSR count). The van der Waals surface area contributed by atoms with E-state index in [9.17, 15) is 19.8 Å². The van der Waals surface area contributed by atoms with Crippen molar-refractivity contribution >= 4 is 33.5 Å². The van der Waals surface area contributed by atoms with Crippen molar-refractivity contribution in [3.05, 3.63) is 24.0 Å². The van der Waals surface area contributed by atoms with Gasteiger partial charge in [0.1, 0.15) is 16.1 Å². The van der Waals surface area contributed by atoms with Crippen LogP contribution in [-0.2, 0) is 22.4 Å². The van der Waals surface area contributed by atoms with E-state index in [1.165, 1.54) is 27.9 Å². The Morgan fingerprint density at radius 3 is 1.86 bits per heavy atom. The molecule has 0 aliphatic carbocycles. The zero-order valence-electron chi connectivity index (χ0n) is 17.0. The van der Waals surface area contributed by atoms with E-state index in [0.29, 0.717) is 22.9 Å². The largest absolute Gasteiger partial charge is 0.480 e. The number of quaternary nitrogens is 1. The highest BCUT2D eigenvalue weighted by Gasteiger charge is 2.33. The van der Waals surface area contributed by atoms with E-state index in [0.717, 1.165) is 11.4 Å². The summed E-state index contributed by atoms with van der Waals surface area (Å²) in [6.45, 7) is 0. The Morgan fingerprint density at radius 2 is 1.48 bits per heavy atom. The molecule has 2 atom stereocenters. The minimum absolute atomic E-state index is 0.288. The number of aromatic nitrogens is 4. The van der Waals surface area contributed by atoms with Gasteiger partial charge in [-0.15, -0.1) is 0 Å². The third-order valence-electron chi connectivity index (χ3n) is 4.48. The summed E-state index contributed by atoms with van der Waals surface area (Å²) in [6.07, 6.45) is 3.69. The molecule has 0 amide bonds. The van der Waals surface area contributed by atoms with E-state index in [-0.39, 0.29) is 4.48 Å². The second-order valence-electron chi connectivity index (χ2n) is 7.74. The molecule has 0 fully saturated rings. The van der Waals surface area contributed by atoms with Crippen LogP contribution in [-0.4, -0.2) is 98.8 Å². The lowest BCUT2D eigenvalue weighted by molar-refractivity contribution is -0.887. The van der Waals surface area contributed by atoms with Crippen LogP contribution in [0.5, 0.6) is 0 Å². The van der Waals surface area contributed by atoms with Crippen molar-refractivity contribution in [2.75, 3.05) is 35.2 Å². The highest BCUT2D eigenvalue weighted by atomic mass is 33.1. The van der Waals surface area contributed by atoms with Crippen molar-refractivity contribution in [3.63, 3.8) is 0 Å². The lowest BCUT2D eigenvalue weighted by atomic mass is 10.1. The molecule has 12 heteroatoms. The SMILES string of the molecule is CN(C)C(Cc1[nH]cnc1SSc1nc[nH]c1CC(C(=O)O)[N+](C)(C)C)C(=O)O. The number of hydrogen-bond acceptors (Lipinski definition) is 7. The van der Waals surface area contributed by atoms with Gasteiger partial charge in [0.05, 0.1) is 51.6 Å². The smallest absolute Gasteiger partial charge is 0.362 e. The number of nitrogens with zero attached hydrogens (tertiary/aromatic N) is 4. The number of rotatable bonds is 11. The molecule has 2 unspecified atom stereocenters. The number of carboxylic acid groups (broad SMARTS) is 2. The lowest BCUT2D eigenvalue weighted by Crippen LogP contribution is -2.51. The van der Waals surface area contributed by atoms with Crippen LogP contribution < -0.4 is 0 Å². The summed E-state index contributed by atoms with van der Waals surface area (Å²) in [5, 5.41) is 20.3. The Morgan fingerprint density at radius 1 is 1.00 bits per heavy atom. The van der Waals surface area contributed by atoms with Crippen molar-refractivity contribution in [2.24, 2.45) is 0 Å². The predicted octanol–water partition coefficient (Wildman–Crippen LogP) is 1.19. The van der Waals surface area contributed by atoms with Gasteiger partial charge in [-0.1, -0.05) is 0 Å². The molecule has 10 nitrogen and oxygen atoms in total. The minimum Gasteiger partial charge on any atom is -0.480 e. The van der Waals surface area contributed by atoms with Crippen LogP contribution in [0, 0.1) is 0 Å². The lowest BCUT2D eigenvalue weighted by Gasteiger charge is -2.30. The summed E-state index contributed by atoms with van der Waals surface area (Å²) in [5.41, 5.74) is 1.48. The Bertz CT molecular complexity index is 845. The third-order valence-corrected chi connectivity index (χ3v) is 6.78. The Balaban J connectivity index is 2.10. The summed E-state index contributed by atoms with van der Waals surface area (Å²) in [7, 11) is 11.7. The molecule has 0 aliphatic rings. The number of likely N-dealkylation sites (N-methyl/N-ethyl adjacent to an activating group) is 2. The minimum atomic E-state index is -0.900. The molecule has 2 aromatic rings. The number of H-pyrrole nitrogens is 2. The maximum atomic E-state index is 11.7. The van der Waals surface area contributed by atoms with E-state index in [1.807, 2.05) is 21.1 Å². The summed E-state index contributed by atoms with van der Waals surface area (Å²) < 4.78 is 0.288. The number of aliphatic carboxylic acids is 2. The highest BCUT2D eigenvalue weighted by Crippen LogP contribution is 2.38. The van der Waals surface area contributed by atoms with Crippen LogP contribution in [0.4, 0.5) is 0 Å². The Hall–Kier alpha value is -2.02. The zero-order valence-corrected chi connectivity index (χ0v) is 18.7. The quantitative estimate of drug-likeness (QED) is 0.298. The zero-order chi connectivity index (χ0) is 21.8. The average molecular weight is 444 g/mol. The average Bonchev–Trinajstić information content (AvgIpc) is 3.22. The molecule has 0 aliphatic heterocycles. The van der Waals surface area contributed by atoms with Gasteiger partial charge >= 0.3 is 11.9 Å². The van der Waals surface area contributed by atoms with Crippen molar-refractivity contribution in [1.82, 2.24) is 24.8 Å². The molecular weight excluding hydrogens is 416 g/mol. The summed E-state index contributed by atoms with van der Waals surface area (Å²) in [4.78, 5) is 39.4. The number of imidazole rings is 2. The van der Waals surface area contributed by atoms with E-state index in [1.54, 1.807) is 25.3 Å². The summed E-state index contributed by atoms with van der Waals surface area (Å²) in [6, 6.07) is -1.28. The molecule has 2 aromatic heterocycles. The Kier molecular flexibility index (Phi) is 7.74. The summed E-state index contributed by atoms with van der Waals surface area (Å²) >= 11 is 0. The first-order chi connectivity index (χ1) is 13.5. The molecular formula is C17H27N6O4S2+. The molecule has 0 saturated carbocycles. The van der Waals surface area contributed by atoms with Crippen LogP contribution in [0.1, 0.15) is 11.4 Å². The monoisotopic (exact) mass is 443 g/mol. The molecule has 4 N–H and O–H groups in total. The fraction of sp³-hybridized carbons (Fsp3) is 0.529. The van der Waals surface area contributed by atoms with Crippen molar-refractivity contribution in [2.45, 2.75) is 35.0 Å². The van der Waals surface area contributed by atoms with Crippen LogP contribution in [0.3, 0.4) is 0 Å². The third kappa shape index (κ3) is 6.23.